The Labute approximate surface area is 156 Å². The number of azo groups is 1. The van der Waals surface area contributed by atoms with E-state index in [1.54, 1.807) is 17.5 Å². The molecule has 1 atom stereocenters. The summed E-state index contributed by atoms with van der Waals surface area (Å²) in [5.74, 6) is -0.0376. The van der Waals surface area contributed by atoms with Crippen molar-refractivity contribution in [2.75, 3.05) is 6.54 Å². The van der Waals surface area contributed by atoms with Crippen LogP contribution in [0.25, 0.3) is 21.3 Å². The van der Waals surface area contributed by atoms with Gasteiger partial charge in [0.15, 0.2) is 0 Å². The number of hydrogen-bond donors (Lipinski definition) is 1. The molecular formula is C21H21N3OS. The van der Waals surface area contributed by atoms with E-state index in [1.807, 2.05) is 26.0 Å². The molecule has 0 bridgehead atoms. The van der Waals surface area contributed by atoms with Crippen LogP contribution in [0.2, 0.25) is 0 Å². The Balaban J connectivity index is 1.90. The van der Waals surface area contributed by atoms with Crippen LogP contribution in [0.1, 0.15) is 25.1 Å². The maximum absolute atomic E-state index is 11.5. The van der Waals surface area contributed by atoms with Crippen molar-refractivity contribution in [3.63, 3.8) is 0 Å². The highest BCUT2D eigenvalue weighted by Gasteiger charge is 2.39. The molecule has 0 radical (unpaired) electrons. The molecule has 0 fully saturated rings. The van der Waals surface area contributed by atoms with Crippen LogP contribution in [-0.4, -0.2) is 16.6 Å². The minimum absolute atomic E-state index is 0.0376. The van der Waals surface area contributed by atoms with Crippen LogP contribution in [0, 0.1) is 12.8 Å². The van der Waals surface area contributed by atoms with Gasteiger partial charge in [-0.2, -0.15) is 10.2 Å². The highest BCUT2D eigenvalue weighted by molar-refractivity contribution is 7.13. The van der Waals surface area contributed by atoms with Crippen LogP contribution in [0.3, 0.4) is 0 Å². The van der Waals surface area contributed by atoms with Gasteiger partial charge in [0.1, 0.15) is 5.60 Å². The Hall–Kier alpha value is -2.37. The Morgan fingerprint density at radius 3 is 2.65 bits per heavy atom. The first-order chi connectivity index (χ1) is 12.5. The van der Waals surface area contributed by atoms with Gasteiger partial charge in [0, 0.05) is 21.4 Å². The zero-order valence-corrected chi connectivity index (χ0v) is 15.9. The van der Waals surface area contributed by atoms with Crippen LogP contribution < -0.4 is 0 Å². The average Bonchev–Trinajstić information content (AvgIpc) is 3.34. The van der Waals surface area contributed by atoms with Crippen molar-refractivity contribution < 1.29 is 5.11 Å². The minimum Gasteiger partial charge on any atom is -0.379 e. The molecule has 3 aromatic rings. The summed E-state index contributed by atoms with van der Waals surface area (Å²) in [4.78, 5) is 6.09. The second kappa shape index (κ2) is 6.41. The number of rotatable bonds is 4. The molecule has 26 heavy (non-hydrogen) atoms. The van der Waals surface area contributed by atoms with Gasteiger partial charge in [-0.05, 0) is 42.0 Å². The van der Waals surface area contributed by atoms with Crippen molar-refractivity contribution >= 4 is 22.2 Å². The van der Waals surface area contributed by atoms with Crippen molar-refractivity contribution in [1.29, 1.82) is 0 Å². The van der Waals surface area contributed by atoms with E-state index in [-0.39, 0.29) is 5.92 Å². The number of hydrogen-bond acceptors (Lipinski definition) is 5. The molecule has 0 amide bonds. The molecule has 1 aliphatic heterocycles. The first-order valence-electron chi connectivity index (χ1n) is 8.75. The summed E-state index contributed by atoms with van der Waals surface area (Å²) in [6.45, 7) is 6.54. The summed E-state index contributed by atoms with van der Waals surface area (Å²) >= 11 is 1.73. The number of pyridine rings is 1. The third-order valence-corrected chi connectivity index (χ3v) is 5.99. The maximum atomic E-state index is 11.5. The third-order valence-electron chi connectivity index (χ3n) is 5.10. The number of thiophene rings is 1. The Bertz CT molecular complexity index is 1020. The molecule has 0 aliphatic carbocycles. The van der Waals surface area contributed by atoms with Crippen molar-refractivity contribution in [1.82, 2.24) is 4.98 Å². The fourth-order valence-electron chi connectivity index (χ4n) is 3.59. The number of aryl methyl sites for hydroxylation is 1. The number of benzene rings is 1. The van der Waals surface area contributed by atoms with Crippen LogP contribution in [0.5, 0.6) is 0 Å². The van der Waals surface area contributed by atoms with E-state index in [0.29, 0.717) is 12.2 Å². The summed E-state index contributed by atoms with van der Waals surface area (Å²) in [5.41, 5.74) is 3.62. The normalized spacial score (nSPS) is 16.3. The molecule has 4 nitrogen and oxygen atoms in total. The molecular weight excluding hydrogens is 342 g/mol. The quantitative estimate of drug-likeness (QED) is 0.668. The molecule has 1 aliphatic rings. The van der Waals surface area contributed by atoms with Gasteiger partial charge in [-0.3, -0.25) is 0 Å². The van der Waals surface area contributed by atoms with Gasteiger partial charge in [0.2, 0.25) is 0 Å². The SMILES string of the molecule is Cc1ccc2nc(C(O)(C3=CN=NC3)C(C)C)ccc2c1-c1cccs1. The summed E-state index contributed by atoms with van der Waals surface area (Å²) < 4.78 is 0. The fourth-order valence-corrected chi connectivity index (χ4v) is 4.44. The smallest absolute Gasteiger partial charge is 0.133 e. The van der Waals surface area contributed by atoms with Gasteiger partial charge >= 0.3 is 0 Å². The van der Waals surface area contributed by atoms with Gasteiger partial charge in [-0.15, -0.1) is 11.3 Å². The molecule has 0 saturated carbocycles. The van der Waals surface area contributed by atoms with Crippen molar-refractivity contribution in [3.05, 3.63) is 64.8 Å². The average molecular weight is 363 g/mol. The molecule has 0 spiro atoms. The number of aliphatic hydroxyl groups is 1. The highest BCUT2D eigenvalue weighted by atomic mass is 32.1. The summed E-state index contributed by atoms with van der Waals surface area (Å²) in [7, 11) is 0. The number of fused-ring (bicyclic) bond motifs is 1. The largest absolute Gasteiger partial charge is 0.379 e. The lowest BCUT2D eigenvalue weighted by Crippen LogP contribution is -2.36. The van der Waals surface area contributed by atoms with Crippen LogP contribution >= 0.6 is 11.3 Å². The van der Waals surface area contributed by atoms with Gasteiger partial charge in [-0.1, -0.05) is 32.0 Å². The predicted molar refractivity (Wildman–Crippen MR) is 106 cm³/mol. The van der Waals surface area contributed by atoms with E-state index in [9.17, 15) is 5.11 Å². The number of aromatic nitrogens is 1. The first kappa shape index (κ1) is 17.1. The van der Waals surface area contributed by atoms with Crippen molar-refractivity contribution in [3.8, 4) is 10.4 Å². The lowest BCUT2D eigenvalue weighted by atomic mass is 9.80. The molecule has 2 aromatic heterocycles. The molecule has 1 aromatic carbocycles. The third kappa shape index (κ3) is 2.59. The highest BCUT2D eigenvalue weighted by Crippen LogP contribution is 2.40. The van der Waals surface area contributed by atoms with Gasteiger partial charge in [-0.25, -0.2) is 4.98 Å². The lowest BCUT2D eigenvalue weighted by Gasteiger charge is -2.32. The molecule has 5 heteroatoms. The Morgan fingerprint density at radius 1 is 1.15 bits per heavy atom. The molecule has 0 saturated heterocycles. The van der Waals surface area contributed by atoms with E-state index < -0.39 is 5.60 Å². The van der Waals surface area contributed by atoms with Crippen molar-refractivity contribution in [2.45, 2.75) is 26.4 Å². The maximum Gasteiger partial charge on any atom is 0.133 e. The van der Waals surface area contributed by atoms with E-state index in [2.05, 4.69) is 46.8 Å². The van der Waals surface area contributed by atoms with Crippen LogP contribution in [-0.2, 0) is 5.60 Å². The van der Waals surface area contributed by atoms with Gasteiger partial charge < -0.3 is 5.11 Å². The topological polar surface area (TPSA) is 57.8 Å². The van der Waals surface area contributed by atoms with E-state index >= 15 is 0 Å². The Morgan fingerprint density at radius 2 is 2.00 bits per heavy atom. The van der Waals surface area contributed by atoms with Crippen molar-refractivity contribution in [2.24, 2.45) is 16.1 Å². The molecule has 1 unspecified atom stereocenters. The summed E-state index contributed by atoms with van der Waals surface area (Å²) in [5, 5.41) is 22.6. The fraction of sp³-hybridized carbons (Fsp3) is 0.286. The van der Waals surface area contributed by atoms with E-state index in [4.69, 9.17) is 4.98 Å². The Kier molecular flexibility index (Phi) is 4.21. The van der Waals surface area contributed by atoms with E-state index in [0.717, 1.165) is 16.5 Å². The number of nitrogens with zero attached hydrogens (tertiary/aromatic N) is 3. The monoisotopic (exact) mass is 363 g/mol. The first-order valence-corrected chi connectivity index (χ1v) is 9.63. The lowest BCUT2D eigenvalue weighted by molar-refractivity contribution is 0.0230. The van der Waals surface area contributed by atoms with Gasteiger partial charge in [0.05, 0.1) is 24.0 Å². The van der Waals surface area contributed by atoms with Gasteiger partial charge in [0.25, 0.3) is 0 Å². The molecule has 132 valence electrons. The second-order valence-electron chi connectivity index (χ2n) is 6.99. The van der Waals surface area contributed by atoms with Crippen LogP contribution in [0.15, 0.2) is 63.8 Å². The molecule has 3 heterocycles. The minimum atomic E-state index is -1.16. The molecule has 1 N–H and O–H groups in total. The van der Waals surface area contributed by atoms with Crippen LogP contribution in [0.4, 0.5) is 0 Å². The summed E-state index contributed by atoms with van der Waals surface area (Å²) in [6.07, 6.45) is 1.66. The second-order valence-corrected chi connectivity index (χ2v) is 7.94. The summed E-state index contributed by atoms with van der Waals surface area (Å²) in [6, 6.07) is 12.4. The predicted octanol–water partition coefficient (Wildman–Crippen LogP) is 5.47. The molecule has 4 rings (SSSR count). The zero-order chi connectivity index (χ0) is 18.3. The standard InChI is InChI=1S/C21H21N3OS/c1-13(2)21(25,15-11-22-23-12-15)19-9-7-16-17(24-19)8-6-14(3)20(16)18-5-4-10-26-18/h4-11,13,25H,12H2,1-3H3. The van der Waals surface area contributed by atoms with E-state index in [1.165, 1.54) is 16.0 Å². The zero-order valence-electron chi connectivity index (χ0n) is 15.1.